The van der Waals surface area contributed by atoms with Gasteiger partial charge in [-0.2, -0.15) is 0 Å². The highest BCUT2D eigenvalue weighted by molar-refractivity contribution is 5.76. The van der Waals surface area contributed by atoms with Crippen LogP contribution < -0.4 is 5.56 Å². The third kappa shape index (κ3) is 3.61. The fourth-order valence-electron chi connectivity index (χ4n) is 3.26. The Morgan fingerprint density at radius 2 is 2.09 bits per heavy atom. The lowest BCUT2D eigenvalue weighted by molar-refractivity contribution is -0.132. The van der Waals surface area contributed by atoms with Gasteiger partial charge in [-0.3, -0.25) is 14.5 Å². The number of carbonyl (C=O) groups excluding carboxylic acids is 1. The molecule has 0 bridgehead atoms. The molecule has 126 valence electrons. The summed E-state index contributed by atoms with van der Waals surface area (Å²) < 4.78 is 5.36. The Bertz CT molecular complexity index is 637. The summed E-state index contributed by atoms with van der Waals surface area (Å²) in [5.74, 6) is 0.698. The molecule has 0 spiro atoms. The first kappa shape index (κ1) is 16.1. The van der Waals surface area contributed by atoms with Crippen LogP contribution in [0.15, 0.2) is 4.79 Å². The van der Waals surface area contributed by atoms with Crippen LogP contribution in [0.25, 0.3) is 0 Å². The predicted octanol–water partition coefficient (Wildman–Crippen LogP) is 0.421. The molecule has 3 rings (SSSR count). The minimum absolute atomic E-state index is 0.0974. The number of rotatable bonds is 4. The van der Waals surface area contributed by atoms with Crippen molar-refractivity contribution in [3.63, 3.8) is 0 Å². The van der Waals surface area contributed by atoms with Crippen LogP contribution in [-0.2, 0) is 22.6 Å². The number of aromatic nitrogens is 2. The number of nitrogens with one attached hydrogen (secondary N) is 1. The molecule has 7 nitrogen and oxygen atoms in total. The fourth-order valence-corrected chi connectivity index (χ4v) is 3.26. The number of H-pyrrole nitrogens is 1. The van der Waals surface area contributed by atoms with E-state index in [0.717, 1.165) is 38.4 Å². The average molecular weight is 320 g/mol. The molecular weight excluding hydrogens is 296 g/mol. The first-order chi connectivity index (χ1) is 11.0. The van der Waals surface area contributed by atoms with Crippen molar-refractivity contribution in [3.05, 3.63) is 27.4 Å². The van der Waals surface area contributed by atoms with Crippen LogP contribution in [0.5, 0.6) is 0 Å². The Hall–Kier alpha value is -1.73. The molecule has 0 unspecified atom stereocenters. The highest BCUT2D eigenvalue weighted by Gasteiger charge is 2.27. The van der Waals surface area contributed by atoms with Crippen LogP contribution in [0.4, 0.5) is 0 Å². The van der Waals surface area contributed by atoms with Crippen LogP contribution in [0, 0.1) is 6.92 Å². The number of hydrogen-bond donors (Lipinski definition) is 1. The van der Waals surface area contributed by atoms with Gasteiger partial charge in [-0.25, -0.2) is 4.98 Å². The maximum atomic E-state index is 12.4. The lowest BCUT2D eigenvalue weighted by Crippen LogP contribution is -2.42. The van der Waals surface area contributed by atoms with E-state index in [0.29, 0.717) is 36.9 Å². The maximum Gasteiger partial charge on any atom is 0.256 e. The molecule has 0 saturated carbocycles. The average Bonchev–Trinajstić information content (AvgIpc) is 2.97. The molecule has 1 saturated heterocycles. The van der Waals surface area contributed by atoms with Crippen molar-refractivity contribution in [1.82, 2.24) is 19.8 Å². The third-order valence-corrected chi connectivity index (χ3v) is 4.71. The molecular formula is C16H24N4O3. The summed E-state index contributed by atoms with van der Waals surface area (Å²) in [5, 5.41) is 0. The second kappa shape index (κ2) is 6.80. The van der Waals surface area contributed by atoms with Crippen molar-refractivity contribution in [2.45, 2.75) is 45.8 Å². The molecule has 7 heteroatoms. The number of hydrogen-bond acceptors (Lipinski definition) is 5. The highest BCUT2D eigenvalue weighted by Crippen LogP contribution is 2.19. The van der Waals surface area contributed by atoms with Crippen LogP contribution in [0.3, 0.4) is 0 Å². The van der Waals surface area contributed by atoms with Gasteiger partial charge in [0.15, 0.2) is 0 Å². The van der Waals surface area contributed by atoms with Crippen LogP contribution in [-0.4, -0.2) is 58.0 Å². The minimum Gasteiger partial charge on any atom is -0.379 e. The normalized spacial score (nSPS) is 19.7. The van der Waals surface area contributed by atoms with Gasteiger partial charge in [0.1, 0.15) is 5.82 Å². The number of aromatic amines is 1. The molecule has 2 aliphatic heterocycles. The molecule has 1 aromatic rings. The molecule has 1 N–H and O–H groups in total. The smallest absolute Gasteiger partial charge is 0.256 e. The first-order valence-corrected chi connectivity index (χ1v) is 8.23. The fraction of sp³-hybridized carbons (Fsp3) is 0.688. The zero-order chi connectivity index (χ0) is 16.4. The van der Waals surface area contributed by atoms with E-state index in [2.05, 4.69) is 21.8 Å². The summed E-state index contributed by atoms with van der Waals surface area (Å²) >= 11 is 0. The van der Waals surface area contributed by atoms with E-state index >= 15 is 0 Å². The Morgan fingerprint density at radius 3 is 2.83 bits per heavy atom. The van der Waals surface area contributed by atoms with Crippen molar-refractivity contribution in [1.29, 1.82) is 0 Å². The van der Waals surface area contributed by atoms with Gasteiger partial charge in [0.25, 0.3) is 5.56 Å². The number of nitrogens with zero attached hydrogens (tertiary/aromatic N) is 3. The first-order valence-electron chi connectivity index (χ1n) is 8.23. The molecule has 1 amide bonds. The number of amides is 1. The molecule has 0 aliphatic carbocycles. The second-order valence-electron chi connectivity index (χ2n) is 6.36. The monoisotopic (exact) mass is 320 g/mol. The number of carbonyl (C=O) groups is 1. The van der Waals surface area contributed by atoms with Crippen molar-refractivity contribution in [3.8, 4) is 0 Å². The van der Waals surface area contributed by atoms with E-state index in [1.807, 2.05) is 0 Å². The lowest BCUT2D eigenvalue weighted by Gasteiger charge is -2.32. The Labute approximate surface area is 135 Å². The van der Waals surface area contributed by atoms with Gasteiger partial charge in [0.05, 0.1) is 37.6 Å². The summed E-state index contributed by atoms with van der Waals surface area (Å²) in [6.45, 7) is 8.16. The van der Waals surface area contributed by atoms with E-state index < -0.39 is 0 Å². The number of aryl methyl sites for hydroxylation is 1. The zero-order valence-electron chi connectivity index (χ0n) is 13.8. The Kier molecular flexibility index (Phi) is 4.77. The largest absolute Gasteiger partial charge is 0.379 e. The topological polar surface area (TPSA) is 78.5 Å². The zero-order valence-corrected chi connectivity index (χ0v) is 13.8. The van der Waals surface area contributed by atoms with Crippen molar-refractivity contribution in [2.75, 3.05) is 26.3 Å². The molecule has 1 atom stereocenters. The van der Waals surface area contributed by atoms with Crippen LogP contribution in [0.1, 0.15) is 36.8 Å². The van der Waals surface area contributed by atoms with Crippen LogP contribution >= 0.6 is 0 Å². The van der Waals surface area contributed by atoms with Gasteiger partial charge in [-0.1, -0.05) is 0 Å². The molecule has 23 heavy (non-hydrogen) atoms. The van der Waals surface area contributed by atoms with E-state index in [4.69, 9.17) is 4.74 Å². The van der Waals surface area contributed by atoms with Crippen molar-refractivity contribution < 1.29 is 9.53 Å². The van der Waals surface area contributed by atoms with E-state index in [1.165, 1.54) is 0 Å². The van der Waals surface area contributed by atoms with Gasteiger partial charge in [0.2, 0.25) is 5.91 Å². The molecule has 0 aromatic carbocycles. The quantitative estimate of drug-likeness (QED) is 0.870. The van der Waals surface area contributed by atoms with Crippen molar-refractivity contribution in [2.24, 2.45) is 0 Å². The summed E-state index contributed by atoms with van der Waals surface area (Å²) in [7, 11) is 0. The van der Waals surface area contributed by atoms with Gasteiger partial charge in [-0.05, 0) is 20.3 Å². The molecule has 0 radical (unpaired) electrons. The number of fused-ring (bicyclic) bond motifs is 1. The van der Waals surface area contributed by atoms with E-state index in [-0.39, 0.29) is 11.5 Å². The summed E-state index contributed by atoms with van der Waals surface area (Å²) in [6, 6.07) is 0.372. The predicted molar refractivity (Wildman–Crippen MR) is 84.9 cm³/mol. The third-order valence-electron chi connectivity index (χ3n) is 4.71. The molecule has 1 aromatic heterocycles. The standard InChI is InChI=1S/C16H24N4O3/c1-11(19-5-7-23-8-6-19)3-4-15(21)20-9-13-14(10-20)17-12(2)18-16(13)22/h11H,3-10H2,1-2H3,(H,17,18,22)/t11-/m1/s1. The van der Waals surface area contributed by atoms with Gasteiger partial charge in [0, 0.05) is 25.6 Å². The highest BCUT2D eigenvalue weighted by atomic mass is 16.5. The summed E-state index contributed by atoms with van der Waals surface area (Å²) in [4.78, 5) is 35.5. The number of morpholine rings is 1. The second-order valence-corrected chi connectivity index (χ2v) is 6.36. The SMILES string of the molecule is Cc1nc2c(c(=O)[nH]1)CN(C(=O)CC[C@@H](C)N1CCOCC1)C2. The Morgan fingerprint density at radius 1 is 1.35 bits per heavy atom. The van der Waals surface area contributed by atoms with Gasteiger partial charge < -0.3 is 14.6 Å². The molecule has 2 aliphatic rings. The minimum atomic E-state index is -0.121. The molecule has 1 fully saturated rings. The lowest BCUT2D eigenvalue weighted by atomic mass is 10.1. The van der Waals surface area contributed by atoms with Crippen molar-refractivity contribution >= 4 is 5.91 Å². The summed E-state index contributed by atoms with van der Waals surface area (Å²) in [5.41, 5.74) is 1.25. The Balaban J connectivity index is 1.54. The number of ether oxygens (including phenoxy) is 1. The van der Waals surface area contributed by atoms with Crippen LogP contribution in [0.2, 0.25) is 0 Å². The molecule has 3 heterocycles. The van der Waals surface area contributed by atoms with Gasteiger partial charge >= 0.3 is 0 Å². The summed E-state index contributed by atoms with van der Waals surface area (Å²) in [6.07, 6.45) is 1.33. The van der Waals surface area contributed by atoms with E-state index in [1.54, 1.807) is 11.8 Å². The maximum absolute atomic E-state index is 12.4. The van der Waals surface area contributed by atoms with Gasteiger partial charge in [-0.15, -0.1) is 0 Å². The van der Waals surface area contributed by atoms with E-state index in [9.17, 15) is 9.59 Å².